The lowest BCUT2D eigenvalue weighted by molar-refractivity contribution is 0.0702. The molecule has 1 saturated heterocycles. The zero-order valence-corrected chi connectivity index (χ0v) is 17.4. The molecule has 1 aliphatic carbocycles. The van der Waals surface area contributed by atoms with E-state index in [0.717, 1.165) is 5.92 Å². The van der Waals surface area contributed by atoms with E-state index < -0.39 is 0 Å². The van der Waals surface area contributed by atoms with E-state index in [2.05, 4.69) is 97.3 Å². The van der Waals surface area contributed by atoms with Crippen LogP contribution in [0, 0.1) is 12.8 Å². The van der Waals surface area contributed by atoms with Gasteiger partial charge in [0.2, 0.25) is 0 Å². The van der Waals surface area contributed by atoms with Crippen LogP contribution >= 0.6 is 0 Å². The Bertz CT molecular complexity index is 867. The monoisotopic (exact) mass is 372 g/mol. The maximum absolute atomic E-state index is 2.84. The largest absolute Gasteiger partial charge is 0.347 e. The van der Waals surface area contributed by atoms with Crippen LogP contribution < -0.4 is 4.90 Å². The molecule has 2 heterocycles. The average molecular weight is 373 g/mol. The van der Waals surface area contributed by atoms with Crippen molar-refractivity contribution < 1.29 is 0 Å². The van der Waals surface area contributed by atoms with Crippen molar-refractivity contribution in [2.45, 2.75) is 70.2 Å². The zero-order chi connectivity index (χ0) is 19.3. The minimum absolute atomic E-state index is 0.146. The second-order valence-electron chi connectivity index (χ2n) is 9.18. The number of hydrogen-bond acceptors (Lipinski definition) is 2. The van der Waals surface area contributed by atoms with Crippen molar-refractivity contribution >= 4 is 5.69 Å². The molecule has 2 aromatic carbocycles. The Balaban J connectivity index is 1.65. The number of nitrogens with zero attached hydrogens (tertiary/aromatic N) is 2. The predicted octanol–water partition coefficient (Wildman–Crippen LogP) is 6.09. The van der Waals surface area contributed by atoms with Gasteiger partial charge in [-0.3, -0.25) is 4.90 Å². The van der Waals surface area contributed by atoms with Gasteiger partial charge >= 0.3 is 0 Å². The Morgan fingerprint density at radius 1 is 0.929 bits per heavy atom. The first-order chi connectivity index (χ1) is 13.6. The highest BCUT2D eigenvalue weighted by Gasteiger charge is 2.56. The number of hydrogen-bond donors (Lipinski definition) is 0. The molecule has 2 fully saturated rings. The second kappa shape index (κ2) is 6.77. The second-order valence-corrected chi connectivity index (χ2v) is 9.18. The van der Waals surface area contributed by atoms with E-state index in [1.54, 1.807) is 0 Å². The molecular weight excluding hydrogens is 340 g/mol. The van der Waals surface area contributed by atoms with Gasteiger partial charge in [0.1, 0.15) is 6.17 Å². The van der Waals surface area contributed by atoms with E-state index in [1.165, 1.54) is 42.5 Å². The van der Waals surface area contributed by atoms with E-state index >= 15 is 0 Å². The molecule has 1 saturated carbocycles. The Labute approximate surface area is 169 Å². The molecule has 28 heavy (non-hydrogen) atoms. The molecule has 4 atom stereocenters. The fourth-order valence-corrected chi connectivity index (χ4v) is 6.14. The molecule has 3 unspecified atom stereocenters. The van der Waals surface area contributed by atoms with Crippen LogP contribution in [-0.4, -0.2) is 22.5 Å². The van der Waals surface area contributed by atoms with Crippen LogP contribution in [-0.2, 0) is 0 Å². The Hall–Kier alpha value is -2.06. The normalized spacial score (nSPS) is 33.0. The highest BCUT2D eigenvalue weighted by Crippen LogP contribution is 2.53. The first-order valence-electron chi connectivity index (χ1n) is 11.0. The molecule has 0 amide bonds. The van der Waals surface area contributed by atoms with Gasteiger partial charge in [-0.2, -0.15) is 0 Å². The van der Waals surface area contributed by atoms with Crippen LogP contribution in [0.1, 0.15) is 56.8 Å². The van der Waals surface area contributed by atoms with Gasteiger partial charge in [-0.15, -0.1) is 0 Å². The van der Waals surface area contributed by atoms with Crippen molar-refractivity contribution in [3.63, 3.8) is 0 Å². The lowest BCUT2D eigenvalue weighted by Gasteiger charge is -2.44. The maximum Gasteiger partial charge on any atom is 0.110 e. The summed E-state index contributed by atoms with van der Waals surface area (Å²) in [6.07, 6.45) is 10.9. The Morgan fingerprint density at radius 2 is 1.61 bits per heavy atom. The van der Waals surface area contributed by atoms with Crippen molar-refractivity contribution in [3.8, 4) is 0 Å². The summed E-state index contributed by atoms with van der Waals surface area (Å²) in [5.41, 5.74) is 4.30. The standard InChI is InChI=1S/C26H32N2/c1-19-11-7-10-16-23(19)27-20(2)24-17-18-26(3,22-14-8-9-15-22)28(24)25(27)21-12-5-4-6-13-21/h4-7,10-13,16-18,20,22,24-25H,8-9,14-15H2,1-3H3/t20-,24?,25?,26?/m0/s1. The van der Waals surface area contributed by atoms with Crippen LogP contribution in [0.3, 0.4) is 0 Å². The molecule has 2 heteroatoms. The van der Waals surface area contributed by atoms with Crippen LogP contribution in [0.4, 0.5) is 5.69 Å². The fraction of sp³-hybridized carbons (Fsp3) is 0.462. The maximum atomic E-state index is 2.84. The minimum Gasteiger partial charge on any atom is -0.347 e. The molecule has 0 spiro atoms. The summed E-state index contributed by atoms with van der Waals surface area (Å²) in [4.78, 5) is 5.53. The highest BCUT2D eigenvalue weighted by molar-refractivity contribution is 5.58. The van der Waals surface area contributed by atoms with Crippen molar-refractivity contribution in [3.05, 3.63) is 77.9 Å². The summed E-state index contributed by atoms with van der Waals surface area (Å²) in [7, 11) is 0. The molecule has 3 aliphatic rings. The summed E-state index contributed by atoms with van der Waals surface area (Å²) < 4.78 is 0. The van der Waals surface area contributed by atoms with Crippen LogP contribution in [0.2, 0.25) is 0 Å². The molecule has 5 rings (SSSR count). The number of fused-ring (bicyclic) bond motifs is 1. The van der Waals surface area contributed by atoms with Gasteiger partial charge in [0, 0.05) is 17.3 Å². The summed E-state index contributed by atoms with van der Waals surface area (Å²) >= 11 is 0. The lowest BCUT2D eigenvalue weighted by Crippen LogP contribution is -2.50. The molecule has 0 N–H and O–H groups in total. The van der Waals surface area contributed by atoms with Crippen LogP contribution in [0.5, 0.6) is 0 Å². The quantitative estimate of drug-likeness (QED) is 0.601. The molecule has 0 bridgehead atoms. The number of anilines is 1. The third-order valence-corrected chi connectivity index (χ3v) is 7.64. The number of para-hydroxylation sites is 1. The fourth-order valence-electron chi connectivity index (χ4n) is 6.14. The zero-order valence-electron chi connectivity index (χ0n) is 17.4. The Morgan fingerprint density at radius 3 is 2.32 bits per heavy atom. The Kier molecular flexibility index (Phi) is 4.35. The molecular formula is C26H32N2. The number of rotatable bonds is 3. The van der Waals surface area contributed by atoms with Gasteiger partial charge in [-0.05, 0) is 56.7 Å². The van der Waals surface area contributed by atoms with E-state index in [1.807, 2.05) is 0 Å². The van der Waals surface area contributed by atoms with Crippen LogP contribution in [0.15, 0.2) is 66.7 Å². The molecule has 146 valence electrons. The van der Waals surface area contributed by atoms with Gasteiger partial charge in [-0.25, -0.2) is 0 Å². The van der Waals surface area contributed by atoms with Crippen molar-refractivity contribution in [2.24, 2.45) is 5.92 Å². The average Bonchev–Trinajstić information content (AvgIpc) is 3.42. The van der Waals surface area contributed by atoms with Gasteiger partial charge < -0.3 is 4.90 Å². The van der Waals surface area contributed by atoms with Gasteiger partial charge in [0.15, 0.2) is 0 Å². The summed E-state index contributed by atoms with van der Waals surface area (Å²) in [6, 6.07) is 21.0. The third-order valence-electron chi connectivity index (χ3n) is 7.64. The first-order valence-corrected chi connectivity index (χ1v) is 11.0. The number of aryl methyl sites for hydroxylation is 1. The van der Waals surface area contributed by atoms with Crippen molar-refractivity contribution in [2.75, 3.05) is 4.90 Å². The molecule has 2 aromatic rings. The minimum atomic E-state index is 0.146. The van der Waals surface area contributed by atoms with Gasteiger partial charge in [0.25, 0.3) is 0 Å². The van der Waals surface area contributed by atoms with Crippen LogP contribution in [0.25, 0.3) is 0 Å². The molecule has 2 aliphatic heterocycles. The topological polar surface area (TPSA) is 6.48 Å². The number of benzene rings is 2. The molecule has 0 radical (unpaired) electrons. The van der Waals surface area contributed by atoms with E-state index in [-0.39, 0.29) is 11.7 Å². The highest BCUT2D eigenvalue weighted by atomic mass is 15.5. The molecule has 2 nitrogen and oxygen atoms in total. The summed E-state index contributed by atoms with van der Waals surface area (Å²) in [5.74, 6) is 0.768. The van der Waals surface area contributed by atoms with E-state index in [0.29, 0.717) is 12.1 Å². The SMILES string of the molecule is Cc1ccccc1N1C(c2ccccc2)N2C(C=CC2(C)C2CCCC2)[C@@H]1C. The van der Waals surface area contributed by atoms with Crippen molar-refractivity contribution in [1.29, 1.82) is 0 Å². The van der Waals surface area contributed by atoms with Gasteiger partial charge in [0.05, 0.1) is 6.04 Å². The first kappa shape index (κ1) is 18.0. The lowest BCUT2D eigenvalue weighted by atomic mass is 9.83. The van der Waals surface area contributed by atoms with E-state index in [4.69, 9.17) is 0 Å². The third kappa shape index (κ3) is 2.58. The molecule has 0 aromatic heterocycles. The summed E-state index contributed by atoms with van der Waals surface area (Å²) in [6.45, 7) is 7.17. The predicted molar refractivity (Wildman–Crippen MR) is 117 cm³/mol. The summed E-state index contributed by atoms with van der Waals surface area (Å²) in [5, 5.41) is 0. The van der Waals surface area contributed by atoms with Gasteiger partial charge in [-0.1, -0.05) is 73.5 Å². The van der Waals surface area contributed by atoms with Crippen molar-refractivity contribution in [1.82, 2.24) is 4.90 Å². The smallest absolute Gasteiger partial charge is 0.110 e. The van der Waals surface area contributed by atoms with E-state index in [9.17, 15) is 0 Å².